The smallest absolute Gasteiger partial charge is 0.254 e. The number of para-hydroxylation sites is 1. The van der Waals surface area contributed by atoms with Crippen molar-refractivity contribution in [3.8, 4) is 5.75 Å². The molecule has 2 aliphatic rings. The molecule has 0 saturated carbocycles. The molecule has 8 nitrogen and oxygen atoms in total. The van der Waals surface area contributed by atoms with Crippen molar-refractivity contribution in [1.82, 2.24) is 25.0 Å². The third-order valence-corrected chi connectivity index (χ3v) is 8.01. The SMILES string of the molecule is Cc1cc(C(=O)N2CCC3(CCCCc4ccccc4OC[C@H](C)NC3=O)CC2)c2c(C)nn(C)c2n1. The Morgan fingerprint density at radius 3 is 2.68 bits per heavy atom. The molecule has 2 aromatic heterocycles. The van der Waals surface area contributed by atoms with E-state index in [1.54, 1.807) is 4.68 Å². The van der Waals surface area contributed by atoms with Crippen LogP contribution in [0.4, 0.5) is 0 Å². The number of nitrogens with one attached hydrogen (secondary N) is 1. The monoisotopic (exact) mass is 503 g/mol. The highest BCUT2D eigenvalue weighted by atomic mass is 16.5. The highest BCUT2D eigenvalue weighted by molar-refractivity contribution is 6.06. The average Bonchev–Trinajstić information content (AvgIpc) is 3.17. The number of pyridine rings is 1. The average molecular weight is 504 g/mol. The molecule has 4 heterocycles. The highest BCUT2D eigenvalue weighted by Gasteiger charge is 2.42. The first-order valence-electron chi connectivity index (χ1n) is 13.4. The number of ether oxygens (including phenoxy) is 1. The van der Waals surface area contributed by atoms with Gasteiger partial charge in [-0.1, -0.05) is 24.6 Å². The van der Waals surface area contributed by atoms with E-state index in [1.807, 2.05) is 50.9 Å². The Morgan fingerprint density at radius 2 is 1.89 bits per heavy atom. The zero-order valence-electron chi connectivity index (χ0n) is 22.3. The van der Waals surface area contributed by atoms with E-state index in [9.17, 15) is 9.59 Å². The van der Waals surface area contributed by atoms with E-state index in [0.29, 0.717) is 38.1 Å². The summed E-state index contributed by atoms with van der Waals surface area (Å²) in [6.07, 6.45) is 5.05. The Balaban J connectivity index is 1.33. The lowest BCUT2D eigenvalue weighted by Crippen LogP contribution is -2.52. The van der Waals surface area contributed by atoms with Crippen LogP contribution in [0.3, 0.4) is 0 Å². The lowest BCUT2D eigenvalue weighted by atomic mass is 9.73. The van der Waals surface area contributed by atoms with Gasteiger partial charge in [-0.3, -0.25) is 14.3 Å². The molecule has 1 aromatic carbocycles. The second kappa shape index (κ2) is 10.1. The fraction of sp³-hybridized carbons (Fsp3) is 0.517. The van der Waals surface area contributed by atoms with Crippen LogP contribution in [0.1, 0.15) is 66.3 Å². The van der Waals surface area contributed by atoms with E-state index in [2.05, 4.69) is 27.5 Å². The van der Waals surface area contributed by atoms with Crippen LogP contribution in [0.15, 0.2) is 30.3 Å². The van der Waals surface area contributed by atoms with E-state index < -0.39 is 5.41 Å². The van der Waals surface area contributed by atoms with Crippen molar-refractivity contribution in [3.63, 3.8) is 0 Å². The number of fused-ring (bicyclic) bond motifs is 2. The largest absolute Gasteiger partial charge is 0.491 e. The van der Waals surface area contributed by atoms with Gasteiger partial charge in [0, 0.05) is 25.8 Å². The summed E-state index contributed by atoms with van der Waals surface area (Å²) < 4.78 is 7.81. The number of hydrogen-bond donors (Lipinski definition) is 1. The van der Waals surface area contributed by atoms with Crippen molar-refractivity contribution in [2.45, 2.75) is 65.3 Å². The number of piperidine rings is 1. The van der Waals surface area contributed by atoms with Gasteiger partial charge in [0.15, 0.2) is 5.65 Å². The van der Waals surface area contributed by atoms with Crippen LogP contribution >= 0.6 is 0 Å². The van der Waals surface area contributed by atoms with Gasteiger partial charge in [0.25, 0.3) is 5.91 Å². The van der Waals surface area contributed by atoms with Crippen LogP contribution < -0.4 is 10.1 Å². The van der Waals surface area contributed by atoms with E-state index >= 15 is 0 Å². The zero-order chi connectivity index (χ0) is 26.2. The van der Waals surface area contributed by atoms with Crippen LogP contribution in [0, 0.1) is 19.3 Å². The molecular formula is C29H37N5O3. The number of carbonyl (C=O) groups is 2. The molecule has 1 spiro atoms. The number of hydrogen-bond acceptors (Lipinski definition) is 5. The third kappa shape index (κ3) is 4.93. The first-order valence-corrected chi connectivity index (χ1v) is 13.4. The summed E-state index contributed by atoms with van der Waals surface area (Å²) in [5, 5.41) is 8.53. The van der Waals surface area contributed by atoms with E-state index in [1.165, 1.54) is 5.56 Å². The predicted octanol–water partition coefficient (Wildman–Crippen LogP) is 4.12. The number of amides is 2. The first-order chi connectivity index (χ1) is 17.8. The lowest BCUT2D eigenvalue weighted by molar-refractivity contribution is -0.135. The maximum Gasteiger partial charge on any atom is 0.254 e. The summed E-state index contributed by atoms with van der Waals surface area (Å²) in [6.45, 7) is 7.36. The fourth-order valence-corrected chi connectivity index (χ4v) is 5.90. The number of aryl methyl sites for hydroxylation is 4. The van der Waals surface area contributed by atoms with Crippen molar-refractivity contribution in [1.29, 1.82) is 0 Å². The molecule has 37 heavy (non-hydrogen) atoms. The van der Waals surface area contributed by atoms with Gasteiger partial charge in [0.2, 0.25) is 5.91 Å². The molecule has 3 aromatic rings. The lowest BCUT2D eigenvalue weighted by Gasteiger charge is -2.41. The molecule has 2 amide bonds. The van der Waals surface area contributed by atoms with Crippen LogP contribution in [0.5, 0.6) is 5.75 Å². The van der Waals surface area contributed by atoms with Crippen LogP contribution in [0.2, 0.25) is 0 Å². The van der Waals surface area contributed by atoms with Gasteiger partial charge in [-0.2, -0.15) is 5.10 Å². The number of carbonyl (C=O) groups excluding carboxylic acids is 2. The molecule has 5 rings (SSSR count). The number of nitrogens with zero attached hydrogens (tertiary/aromatic N) is 4. The Morgan fingerprint density at radius 1 is 1.14 bits per heavy atom. The molecule has 0 aliphatic carbocycles. The second-order valence-corrected chi connectivity index (χ2v) is 10.8. The standard InChI is InChI=1S/C29H37N5O3/c1-19-17-23(25-21(3)32-33(4)26(25)30-19)27(35)34-15-13-29(14-16-34)12-8-7-10-22-9-5-6-11-24(22)37-18-20(2)31-28(29)36/h5-6,9,11,17,20H,7-8,10,12-16,18H2,1-4H3,(H,31,36)/t20-/m0/s1. The van der Waals surface area contributed by atoms with Crippen molar-refractivity contribution >= 4 is 22.8 Å². The van der Waals surface area contributed by atoms with Gasteiger partial charge < -0.3 is 15.0 Å². The normalized spacial score (nSPS) is 20.5. The molecular weight excluding hydrogens is 466 g/mol. The summed E-state index contributed by atoms with van der Waals surface area (Å²) in [5.41, 5.74) is 3.74. The molecule has 0 radical (unpaired) electrons. The quantitative estimate of drug-likeness (QED) is 0.540. The first kappa shape index (κ1) is 25.2. The van der Waals surface area contributed by atoms with E-state index in [-0.39, 0.29) is 17.9 Å². The molecule has 1 atom stereocenters. The predicted molar refractivity (Wildman–Crippen MR) is 143 cm³/mol. The van der Waals surface area contributed by atoms with Gasteiger partial charge in [0.1, 0.15) is 12.4 Å². The summed E-state index contributed by atoms with van der Waals surface area (Å²) >= 11 is 0. The summed E-state index contributed by atoms with van der Waals surface area (Å²) in [5.74, 6) is 0.998. The van der Waals surface area contributed by atoms with Gasteiger partial charge in [0.05, 0.1) is 28.1 Å². The minimum Gasteiger partial charge on any atom is -0.491 e. The summed E-state index contributed by atoms with van der Waals surface area (Å²) in [6, 6.07) is 9.95. The minimum atomic E-state index is -0.461. The molecule has 196 valence electrons. The van der Waals surface area contributed by atoms with Crippen LogP contribution in [0.25, 0.3) is 11.0 Å². The van der Waals surface area contributed by atoms with Crippen molar-refractivity contribution < 1.29 is 14.3 Å². The van der Waals surface area contributed by atoms with E-state index in [4.69, 9.17) is 4.74 Å². The number of aromatic nitrogens is 3. The Bertz CT molecular complexity index is 1320. The Kier molecular flexibility index (Phi) is 6.92. The maximum atomic E-state index is 13.7. The second-order valence-electron chi connectivity index (χ2n) is 10.8. The van der Waals surface area contributed by atoms with Gasteiger partial charge in [-0.05, 0) is 70.6 Å². The molecule has 0 unspecified atom stereocenters. The van der Waals surface area contributed by atoms with Gasteiger partial charge in [-0.15, -0.1) is 0 Å². The van der Waals surface area contributed by atoms with Gasteiger partial charge in [-0.25, -0.2) is 4.98 Å². The summed E-state index contributed by atoms with van der Waals surface area (Å²) in [7, 11) is 1.85. The molecule has 8 heteroatoms. The minimum absolute atomic E-state index is 0.00612. The van der Waals surface area contributed by atoms with Crippen LogP contribution in [-0.4, -0.2) is 57.2 Å². The molecule has 1 fully saturated rings. The Hall–Kier alpha value is -3.42. The molecule has 2 aliphatic heterocycles. The van der Waals surface area contributed by atoms with Crippen molar-refractivity contribution in [2.75, 3.05) is 19.7 Å². The highest BCUT2D eigenvalue weighted by Crippen LogP contribution is 2.38. The summed E-state index contributed by atoms with van der Waals surface area (Å²) in [4.78, 5) is 33.8. The number of likely N-dealkylation sites (tertiary alicyclic amines) is 1. The molecule has 1 saturated heterocycles. The third-order valence-electron chi connectivity index (χ3n) is 8.01. The number of benzene rings is 1. The maximum absolute atomic E-state index is 13.7. The van der Waals surface area contributed by atoms with Crippen molar-refractivity contribution in [2.24, 2.45) is 12.5 Å². The fourth-order valence-electron chi connectivity index (χ4n) is 5.90. The zero-order valence-corrected chi connectivity index (χ0v) is 22.3. The topological polar surface area (TPSA) is 89.4 Å². The molecule has 1 N–H and O–H groups in total. The van der Waals surface area contributed by atoms with Crippen molar-refractivity contribution in [3.05, 3.63) is 52.8 Å². The molecule has 0 bridgehead atoms. The van der Waals surface area contributed by atoms with Crippen LogP contribution in [-0.2, 0) is 18.3 Å². The Labute approximate surface area is 218 Å². The van der Waals surface area contributed by atoms with E-state index in [0.717, 1.165) is 53.9 Å². The number of rotatable bonds is 1. The van der Waals surface area contributed by atoms with Gasteiger partial charge >= 0.3 is 0 Å².